The number of aliphatic hydroxyl groups excluding tert-OH is 1. The third-order valence-electron chi connectivity index (χ3n) is 0.811. The van der Waals surface area contributed by atoms with Gasteiger partial charge in [-0.15, -0.1) is 0 Å². The lowest BCUT2D eigenvalue weighted by molar-refractivity contribution is -0.160. The molecule has 0 saturated carbocycles. The van der Waals surface area contributed by atoms with Crippen molar-refractivity contribution in [2.75, 3.05) is 0 Å². The lowest BCUT2D eigenvalue weighted by atomic mass is 10.3. The molecule has 0 amide bonds. The van der Waals surface area contributed by atoms with E-state index < -0.39 is 11.4 Å². The van der Waals surface area contributed by atoms with Crippen molar-refractivity contribution in [1.82, 2.24) is 0 Å². The largest absolute Gasteiger partial charge is 0.386 e. The van der Waals surface area contributed by atoms with E-state index in [0.717, 1.165) is 0 Å². The second kappa shape index (κ2) is 2.64. The Morgan fingerprint density at radius 3 is 2.00 bits per heavy atom. The summed E-state index contributed by atoms with van der Waals surface area (Å²) in [6.45, 7) is 1.59. The van der Waals surface area contributed by atoms with Crippen LogP contribution in [0.2, 0.25) is 0 Å². The van der Waals surface area contributed by atoms with E-state index >= 15 is 0 Å². The van der Waals surface area contributed by atoms with E-state index in [2.05, 4.69) is 0 Å². The van der Waals surface area contributed by atoms with Gasteiger partial charge in [-0.1, -0.05) is 18.5 Å². The van der Waals surface area contributed by atoms with Gasteiger partial charge in [-0.05, 0) is 6.42 Å². The summed E-state index contributed by atoms with van der Waals surface area (Å²) in [5, 5.41) is 22.8. The van der Waals surface area contributed by atoms with Gasteiger partial charge in [0, 0.05) is 0 Å². The van der Waals surface area contributed by atoms with Crippen LogP contribution in [0.5, 0.6) is 0 Å². The third kappa shape index (κ3) is 2.47. The zero-order valence-electron chi connectivity index (χ0n) is 4.50. The standard InChI is InChI=1S/C4H9ClO3/c1-2-3(6)4(5,7)8/h3,6-8H,2H2,1H3. The van der Waals surface area contributed by atoms with Crippen molar-refractivity contribution in [2.45, 2.75) is 24.7 Å². The van der Waals surface area contributed by atoms with Crippen molar-refractivity contribution in [1.29, 1.82) is 0 Å². The Bertz CT molecular complexity index is 68.2. The quantitative estimate of drug-likeness (QED) is 0.363. The van der Waals surface area contributed by atoms with E-state index in [1.165, 1.54) is 0 Å². The molecule has 0 saturated heterocycles. The fourth-order valence-corrected chi connectivity index (χ4v) is 0.414. The summed E-state index contributed by atoms with van der Waals surface area (Å²) in [5.41, 5.74) is 0. The summed E-state index contributed by atoms with van der Waals surface area (Å²) in [6, 6.07) is 0. The average molecular weight is 141 g/mol. The Hall–Kier alpha value is 0.170. The van der Waals surface area contributed by atoms with Crippen LogP contribution in [0.1, 0.15) is 13.3 Å². The van der Waals surface area contributed by atoms with Crippen LogP contribution in [0.3, 0.4) is 0 Å². The highest BCUT2D eigenvalue weighted by atomic mass is 35.5. The van der Waals surface area contributed by atoms with Crippen LogP contribution in [-0.2, 0) is 0 Å². The summed E-state index contributed by atoms with van der Waals surface area (Å²) in [7, 11) is 0. The van der Waals surface area contributed by atoms with Crippen molar-refractivity contribution >= 4 is 11.6 Å². The highest BCUT2D eigenvalue weighted by Crippen LogP contribution is 2.13. The van der Waals surface area contributed by atoms with E-state index in [4.69, 9.17) is 26.9 Å². The predicted octanol–water partition coefficient (Wildman–Crippen LogP) is -0.365. The maximum Gasteiger partial charge on any atom is 0.270 e. The van der Waals surface area contributed by atoms with E-state index in [-0.39, 0.29) is 6.42 Å². The Balaban J connectivity index is 3.62. The normalized spacial score (nSPS) is 16.1. The molecule has 4 heteroatoms. The zero-order chi connectivity index (χ0) is 6.78. The van der Waals surface area contributed by atoms with Crippen LogP contribution < -0.4 is 0 Å². The molecule has 0 aromatic rings. The SMILES string of the molecule is CCC(O)C(O)(O)Cl. The molecule has 0 radical (unpaired) electrons. The molecule has 0 bridgehead atoms. The molecular formula is C4H9ClO3. The lowest BCUT2D eigenvalue weighted by Crippen LogP contribution is -2.35. The molecule has 0 aliphatic carbocycles. The van der Waals surface area contributed by atoms with Gasteiger partial charge in [-0.3, -0.25) is 0 Å². The van der Waals surface area contributed by atoms with E-state index in [1.807, 2.05) is 0 Å². The van der Waals surface area contributed by atoms with Crippen molar-refractivity contribution in [3.63, 3.8) is 0 Å². The molecule has 1 atom stereocenters. The molecule has 50 valence electrons. The first kappa shape index (κ1) is 8.17. The predicted molar refractivity (Wildman–Crippen MR) is 29.3 cm³/mol. The molecule has 0 aliphatic heterocycles. The molecule has 1 unspecified atom stereocenters. The van der Waals surface area contributed by atoms with Gasteiger partial charge in [0.25, 0.3) is 5.25 Å². The highest BCUT2D eigenvalue weighted by Gasteiger charge is 2.27. The fourth-order valence-electron chi connectivity index (χ4n) is 0.260. The van der Waals surface area contributed by atoms with Crippen LogP contribution in [0.25, 0.3) is 0 Å². The summed E-state index contributed by atoms with van der Waals surface area (Å²) in [5.74, 6) is 0. The van der Waals surface area contributed by atoms with Crippen LogP contribution in [0, 0.1) is 0 Å². The number of rotatable bonds is 2. The number of halogens is 1. The molecule has 0 aromatic carbocycles. The zero-order valence-corrected chi connectivity index (χ0v) is 5.26. The van der Waals surface area contributed by atoms with Crippen LogP contribution in [0.15, 0.2) is 0 Å². The Morgan fingerprint density at radius 1 is 1.62 bits per heavy atom. The summed E-state index contributed by atoms with van der Waals surface area (Å²) < 4.78 is 0. The fraction of sp³-hybridized carbons (Fsp3) is 1.00. The molecule has 0 aromatic heterocycles. The van der Waals surface area contributed by atoms with Gasteiger partial charge in [0.1, 0.15) is 6.10 Å². The first-order valence-corrected chi connectivity index (χ1v) is 2.68. The summed E-state index contributed by atoms with van der Waals surface area (Å²) >= 11 is 4.84. The van der Waals surface area contributed by atoms with Gasteiger partial charge < -0.3 is 15.3 Å². The number of hydrogen-bond donors (Lipinski definition) is 3. The van der Waals surface area contributed by atoms with Gasteiger partial charge in [0.05, 0.1) is 0 Å². The van der Waals surface area contributed by atoms with Gasteiger partial charge in [0.15, 0.2) is 0 Å². The minimum absolute atomic E-state index is 0.219. The first-order chi connectivity index (χ1) is 3.48. The van der Waals surface area contributed by atoms with E-state index in [0.29, 0.717) is 0 Å². The maximum atomic E-state index is 8.56. The molecule has 8 heavy (non-hydrogen) atoms. The molecule has 0 aliphatic rings. The highest BCUT2D eigenvalue weighted by molar-refractivity contribution is 6.21. The molecule has 0 spiro atoms. The summed E-state index contributed by atoms with van der Waals surface area (Å²) in [6.07, 6.45) is -1.06. The average Bonchev–Trinajstić information content (AvgIpc) is 1.62. The molecule has 3 N–H and O–H groups in total. The van der Waals surface area contributed by atoms with Crippen LogP contribution in [-0.4, -0.2) is 26.7 Å². The summed E-state index contributed by atoms with van der Waals surface area (Å²) in [4.78, 5) is 0. The molecule has 0 heterocycles. The minimum atomic E-state index is -2.46. The van der Waals surface area contributed by atoms with E-state index in [1.54, 1.807) is 6.92 Å². The molecule has 0 rings (SSSR count). The van der Waals surface area contributed by atoms with Crippen molar-refractivity contribution in [3.05, 3.63) is 0 Å². The van der Waals surface area contributed by atoms with Crippen molar-refractivity contribution in [3.8, 4) is 0 Å². The van der Waals surface area contributed by atoms with Gasteiger partial charge in [0.2, 0.25) is 0 Å². The Labute approximate surface area is 52.5 Å². The van der Waals surface area contributed by atoms with Gasteiger partial charge in [-0.2, -0.15) is 0 Å². The van der Waals surface area contributed by atoms with Gasteiger partial charge in [-0.25, -0.2) is 0 Å². The Morgan fingerprint density at radius 2 is 2.00 bits per heavy atom. The number of alkyl halides is 1. The first-order valence-electron chi connectivity index (χ1n) is 2.30. The number of hydrogen-bond acceptors (Lipinski definition) is 3. The van der Waals surface area contributed by atoms with Gasteiger partial charge >= 0.3 is 0 Å². The third-order valence-corrected chi connectivity index (χ3v) is 1.06. The second-order valence-corrected chi connectivity index (χ2v) is 2.12. The molecule has 0 fully saturated rings. The second-order valence-electron chi connectivity index (χ2n) is 1.56. The topological polar surface area (TPSA) is 60.7 Å². The smallest absolute Gasteiger partial charge is 0.270 e. The monoisotopic (exact) mass is 140 g/mol. The molecular weight excluding hydrogens is 131 g/mol. The van der Waals surface area contributed by atoms with Crippen LogP contribution in [0.4, 0.5) is 0 Å². The number of aliphatic hydroxyl groups is 3. The van der Waals surface area contributed by atoms with E-state index in [9.17, 15) is 0 Å². The van der Waals surface area contributed by atoms with Crippen molar-refractivity contribution in [2.24, 2.45) is 0 Å². The maximum absolute atomic E-state index is 8.56. The van der Waals surface area contributed by atoms with Crippen molar-refractivity contribution < 1.29 is 15.3 Å². The van der Waals surface area contributed by atoms with Crippen LogP contribution >= 0.6 is 11.6 Å². The minimum Gasteiger partial charge on any atom is -0.386 e. The lowest BCUT2D eigenvalue weighted by Gasteiger charge is -2.17. The molecule has 3 nitrogen and oxygen atoms in total. The Kier molecular flexibility index (Phi) is 2.70.